The van der Waals surface area contributed by atoms with Crippen molar-refractivity contribution in [1.29, 1.82) is 0 Å². The van der Waals surface area contributed by atoms with Crippen LogP contribution in [0.3, 0.4) is 0 Å². The first-order chi connectivity index (χ1) is 14.0. The summed E-state index contributed by atoms with van der Waals surface area (Å²) in [4.78, 5) is 21.2. The largest absolute Gasteiger partial charge is 0.497 e. The van der Waals surface area contributed by atoms with Crippen molar-refractivity contribution in [2.75, 3.05) is 26.7 Å². The van der Waals surface area contributed by atoms with Crippen LogP contribution in [0.5, 0.6) is 5.75 Å². The van der Waals surface area contributed by atoms with Crippen LogP contribution in [0.15, 0.2) is 36.4 Å². The van der Waals surface area contributed by atoms with Gasteiger partial charge in [-0.25, -0.2) is 0 Å². The Bertz CT molecular complexity index is 1110. The Kier molecular flexibility index (Phi) is 4.69. The predicted octanol–water partition coefficient (Wildman–Crippen LogP) is 4.42. The lowest BCUT2D eigenvalue weighted by molar-refractivity contribution is -0.136. The second kappa shape index (κ2) is 7.24. The van der Waals surface area contributed by atoms with E-state index in [2.05, 4.69) is 16.0 Å². The number of hydrogen-bond donors (Lipinski definition) is 1. The minimum Gasteiger partial charge on any atom is -0.497 e. The number of methoxy groups -OCH3 is 1. The highest BCUT2D eigenvalue weighted by Gasteiger charge is 2.38. The summed E-state index contributed by atoms with van der Waals surface area (Å²) in [5.74, 6) is 0.953. The second-order valence-corrected chi connectivity index (χ2v) is 8.51. The number of ether oxygens (including phenoxy) is 1. The Morgan fingerprint density at radius 2 is 2.03 bits per heavy atom. The maximum Gasteiger partial charge on any atom is 0.227 e. The molecular formula is C22H21Cl2N3O2. The highest BCUT2D eigenvalue weighted by Crippen LogP contribution is 2.39. The van der Waals surface area contributed by atoms with E-state index < -0.39 is 0 Å². The van der Waals surface area contributed by atoms with Gasteiger partial charge in [0.15, 0.2) is 0 Å². The second-order valence-electron chi connectivity index (χ2n) is 7.69. The minimum atomic E-state index is 0.0289. The number of rotatable bonds is 3. The highest BCUT2D eigenvalue weighted by atomic mass is 35.5. The maximum absolute atomic E-state index is 13.2. The lowest BCUT2D eigenvalue weighted by atomic mass is 9.96. The lowest BCUT2D eigenvalue weighted by Gasteiger charge is -2.45. The fraction of sp³-hybridized carbons (Fsp3) is 0.318. The van der Waals surface area contributed by atoms with E-state index in [1.807, 2.05) is 23.1 Å². The molecule has 2 aliphatic heterocycles. The number of H-pyrrole nitrogens is 1. The molecule has 2 atom stereocenters. The first kappa shape index (κ1) is 18.8. The number of halogens is 2. The first-order valence-electron chi connectivity index (χ1n) is 9.67. The number of carbonyl (C=O) groups excluding carboxylic acids is 1. The van der Waals surface area contributed by atoms with E-state index in [1.165, 1.54) is 10.9 Å². The van der Waals surface area contributed by atoms with Crippen molar-refractivity contribution in [1.82, 2.24) is 14.8 Å². The van der Waals surface area contributed by atoms with Crippen molar-refractivity contribution in [3.63, 3.8) is 0 Å². The van der Waals surface area contributed by atoms with E-state index in [9.17, 15) is 4.79 Å². The fourth-order valence-corrected chi connectivity index (χ4v) is 4.83. The van der Waals surface area contributed by atoms with Crippen LogP contribution in [0.1, 0.15) is 22.9 Å². The normalized spacial score (nSPS) is 20.6. The Labute approximate surface area is 179 Å². The van der Waals surface area contributed by atoms with Crippen LogP contribution in [-0.2, 0) is 17.8 Å². The van der Waals surface area contributed by atoms with Gasteiger partial charge in [-0.3, -0.25) is 9.69 Å². The summed E-state index contributed by atoms with van der Waals surface area (Å²) in [6, 6.07) is 11.5. The molecule has 3 aromatic rings. The van der Waals surface area contributed by atoms with Gasteiger partial charge in [-0.1, -0.05) is 29.3 Å². The number of aromatic amines is 1. The number of aromatic nitrogens is 1. The zero-order valence-electron chi connectivity index (χ0n) is 16.0. The van der Waals surface area contributed by atoms with Crippen LogP contribution < -0.4 is 4.74 Å². The monoisotopic (exact) mass is 429 g/mol. The topological polar surface area (TPSA) is 48.6 Å². The summed E-state index contributed by atoms with van der Waals surface area (Å²) in [5.41, 5.74) is 4.37. The third kappa shape index (κ3) is 3.27. The van der Waals surface area contributed by atoms with Gasteiger partial charge in [0.2, 0.25) is 5.91 Å². The van der Waals surface area contributed by atoms with Gasteiger partial charge in [0.25, 0.3) is 0 Å². The van der Waals surface area contributed by atoms with Crippen molar-refractivity contribution >= 4 is 40.0 Å². The SMILES string of the molecule is COc1ccc2[nH]c3c(c2c1)CN1CCN(C(=O)Cc2ccc(Cl)c(Cl)c2)C3C1. The van der Waals surface area contributed by atoms with Gasteiger partial charge in [0.05, 0.1) is 29.6 Å². The molecule has 0 aliphatic carbocycles. The lowest BCUT2D eigenvalue weighted by Crippen LogP contribution is -2.53. The van der Waals surface area contributed by atoms with Crippen LogP contribution in [0.2, 0.25) is 10.0 Å². The molecule has 3 heterocycles. The Hall–Kier alpha value is -2.21. The van der Waals surface area contributed by atoms with Crippen molar-refractivity contribution < 1.29 is 9.53 Å². The van der Waals surface area contributed by atoms with Gasteiger partial charge in [-0.15, -0.1) is 0 Å². The molecule has 1 saturated heterocycles. The molecule has 2 bridgehead atoms. The standard InChI is InChI=1S/C22H21Cl2N3O2/c1-29-14-3-5-19-15(10-14)16-11-26-6-7-27(20(12-26)22(16)25-19)21(28)9-13-2-4-17(23)18(24)8-13/h2-5,8,10,20,25H,6-7,9,11-12H2,1H3. The minimum absolute atomic E-state index is 0.0289. The number of carbonyl (C=O) groups is 1. The average molecular weight is 430 g/mol. The number of nitrogens with one attached hydrogen (secondary N) is 1. The van der Waals surface area contributed by atoms with Crippen molar-refractivity contribution in [2.45, 2.75) is 19.0 Å². The zero-order chi connectivity index (χ0) is 20.1. The summed E-state index contributed by atoms with van der Waals surface area (Å²) >= 11 is 12.1. The van der Waals surface area contributed by atoms with Gasteiger partial charge in [-0.2, -0.15) is 0 Å². The molecule has 7 heteroatoms. The third-order valence-electron chi connectivity index (χ3n) is 5.99. The summed E-state index contributed by atoms with van der Waals surface area (Å²) in [6.07, 6.45) is 0.316. The Balaban J connectivity index is 1.47. The number of fused-ring (bicyclic) bond motifs is 6. The van der Waals surface area contributed by atoms with Crippen molar-refractivity contribution in [3.05, 3.63) is 63.3 Å². The van der Waals surface area contributed by atoms with E-state index in [0.717, 1.165) is 48.7 Å². The van der Waals surface area contributed by atoms with E-state index in [-0.39, 0.29) is 11.9 Å². The number of benzene rings is 2. The van der Waals surface area contributed by atoms with E-state index in [4.69, 9.17) is 27.9 Å². The van der Waals surface area contributed by atoms with Gasteiger partial charge in [0.1, 0.15) is 5.75 Å². The van der Waals surface area contributed by atoms with Crippen LogP contribution >= 0.6 is 23.2 Å². The molecule has 29 heavy (non-hydrogen) atoms. The molecule has 0 radical (unpaired) electrons. The molecule has 0 saturated carbocycles. The summed E-state index contributed by atoms with van der Waals surface area (Å²) in [7, 11) is 1.68. The van der Waals surface area contributed by atoms with E-state index in [1.54, 1.807) is 19.2 Å². The van der Waals surface area contributed by atoms with Crippen LogP contribution in [0.25, 0.3) is 10.9 Å². The number of nitrogens with zero attached hydrogens (tertiary/aromatic N) is 2. The fourth-order valence-electron chi connectivity index (χ4n) is 4.51. The highest BCUT2D eigenvalue weighted by molar-refractivity contribution is 6.42. The molecule has 1 amide bonds. The molecule has 1 aromatic heterocycles. The zero-order valence-corrected chi connectivity index (χ0v) is 17.6. The Morgan fingerprint density at radius 3 is 2.83 bits per heavy atom. The van der Waals surface area contributed by atoms with Crippen molar-refractivity contribution in [3.8, 4) is 5.75 Å². The molecule has 0 spiro atoms. The predicted molar refractivity (Wildman–Crippen MR) is 115 cm³/mol. The van der Waals surface area contributed by atoms with Crippen LogP contribution in [-0.4, -0.2) is 47.4 Å². The van der Waals surface area contributed by atoms with Crippen molar-refractivity contribution in [2.24, 2.45) is 0 Å². The van der Waals surface area contributed by atoms with E-state index in [0.29, 0.717) is 16.5 Å². The summed E-state index contributed by atoms with van der Waals surface area (Å²) in [5, 5.41) is 2.15. The number of piperazine rings is 1. The number of hydrogen-bond acceptors (Lipinski definition) is 3. The van der Waals surface area contributed by atoms with Gasteiger partial charge in [-0.05, 0) is 41.5 Å². The molecule has 2 aromatic carbocycles. The molecule has 1 fully saturated rings. The van der Waals surface area contributed by atoms with E-state index >= 15 is 0 Å². The number of amides is 1. The van der Waals surface area contributed by atoms with Crippen LogP contribution in [0, 0.1) is 0 Å². The molecular weight excluding hydrogens is 409 g/mol. The van der Waals surface area contributed by atoms with Gasteiger partial charge < -0.3 is 14.6 Å². The molecule has 150 valence electrons. The Morgan fingerprint density at radius 1 is 1.17 bits per heavy atom. The average Bonchev–Trinajstić information content (AvgIpc) is 3.09. The molecule has 1 N–H and O–H groups in total. The summed E-state index contributed by atoms with van der Waals surface area (Å²) < 4.78 is 5.41. The maximum atomic E-state index is 13.2. The molecule has 5 nitrogen and oxygen atoms in total. The van der Waals surface area contributed by atoms with Gasteiger partial charge >= 0.3 is 0 Å². The van der Waals surface area contributed by atoms with Crippen LogP contribution in [0.4, 0.5) is 0 Å². The molecule has 5 rings (SSSR count). The third-order valence-corrected chi connectivity index (χ3v) is 6.72. The first-order valence-corrected chi connectivity index (χ1v) is 10.4. The molecule has 2 unspecified atom stereocenters. The van der Waals surface area contributed by atoms with Gasteiger partial charge in [0, 0.05) is 42.8 Å². The quantitative estimate of drug-likeness (QED) is 0.669. The smallest absolute Gasteiger partial charge is 0.227 e. The summed E-state index contributed by atoms with van der Waals surface area (Å²) in [6.45, 7) is 3.35. The molecule has 2 aliphatic rings.